The van der Waals surface area contributed by atoms with Crippen molar-refractivity contribution in [2.75, 3.05) is 16.0 Å². The predicted molar refractivity (Wildman–Crippen MR) is 84.8 cm³/mol. The van der Waals surface area contributed by atoms with Gasteiger partial charge in [0, 0.05) is 11.1 Å². The molecule has 0 bridgehead atoms. The van der Waals surface area contributed by atoms with Crippen LogP contribution in [0.3, 0.4) is 0 Å². The first-order valence-corrected chi connectivity index (χ1v) is 7.97. The SMILES string of the molecule is CC(C)C1C(=O)Nc2cc3c(cc21)NC(c1cscn1)N3. The van der Waals surface area contributed by atoms with E-state index in [9.17, 15) is 4.79 Å². The first kappa shape index (κ1) is 12.6. The van der Waals surface area contributed by atoms with E-state index in [0.29, 0.717) is 0 Å². The summed E-state index contributed by atoms with van der Waals surface area (Å²) in [6.07, 6.45) is 0.00183. The molecule has 108 valence electrons. The van der Waals surface area contributed by atoms with Gasteiger partial charge in [-0.2, -0.15) is 0 Å². The molecule has 5 nitrogen and oxygen atoms in total. The number of hydrogen-bond donors (Lipinski definition) is 3. The minimum atomic E-state index is -0.0644. The van der Waals surface area contributed by atoms with Crippen LogP contribution in [0.5, 0.6) is 0 Å². The number of amides is 1. The molecule has 2 aromatic rings. The van der Waals surface area contributed by atoms with Crippen LogP contribution >= 0.6 is 11.3 Å². The molecule has 3 N–H and O–H groups in total. The molecule has 2 unspecified atom stereocenters. The lowest BCUT2D eigenvalue weighted by Crippen LogP contribution is -2.17. The van der Waals surface area contributed by atoms with E-state index >= 15 is 0 Å². The van der Waals surface area contributed by atoms with Crippen molar-refractivity contribution in [1.29, 1.82) is 0 Å². The van der Waals surface area contributed by atoms with Gasteiger partial charge in [-0.3, -0.25) is 4.79 Å². The second-order valence-corrected chi connectivity index (χ2v) is 6.55. The van der Waals surface area contributed by atoms with Crippen molar-refractivity contribution in [2.45, 2.75) is 25.9 Å². The van der Waals surface area contributed by atoms with Crippen molar-refractivity contribution >= 4 is 34.3 Å². The Hall–Kier alpha value is -2.08. The molecule has 0 aliphatic carbocycles. The fourth-order valence-corrected chi connectivity index (χ4v) is 3.67. The first-order valence-electron chi connectivity index (χ1n) is 7.03. The molecule has 4 rings (SSSR count). The Bertz CT molecular complexity index is 711. The van der Waals surface area contributed by atoms with E-state index in [1.54, 1.807) is 11.3 Å². The minimum absolute atomic E-state index is 0.00183. The van der Waals surface area contributed by atoms with Gasteiger partial charge in [-0.05, 0) is 23.6 Å². The van der Waals surface area contributed by atoms with Crippen LogP contribution in [0.15, 0.2) is 23.0 Å². The summed E-state index contributed by atoms with van der Waals surface area (Å²) < 4.78 is 0. The lowest BCUT2D eigenvalue weighted by molar-refractivity contribution is -0.117. The number of rotatable bonds is 2. The van der Waals surface area contributed by atoms with Crippen molar-refractivity contribution in [2.24, 2.45) is 5.92 Å². The van der Waals surface area contributed by atoms with Crippen molar-refractivity contribution in [1.82, 2.24) is 4.98 Å². The molecule has 6 heteroatoms. The number of hydrogen-bond acceptors (Lipinski definition) is 5. The van der Waals surface area contributed by atoms with E-state index in [1.807, 2.05) is 17.0 Å². The van der Waals surface area contributed by atoms with Crippen molar-refractivity contribution in [3.8, 4) is 0 Å². The number of nitrogens with one attached hydrogen (secondary N) is 3. The third-order valence-electron chi connectivity index (χ3n) is 4.08. The summed E-state index contributed by atoms with van der Waals surface area (Å²) in [6.45, 7) is 4.16. The average molecular weight is 300 g/mol. The molecule has 0 fully saturated rings. The Morgan fingerprint density at radius 3 is 2.62 bits per heavy atom. The smallest absolute Gasteiger partial charge is 0.232 e. The molecule has 1 amide bonds. The van der Waals surface area contributed by atoms with Crippen molar-refractivity contribution in [3.05, 3.63) is 34.3 Å². The molecule has 2 aliphatic heterocycles. The molecule has 0 radical (unpaired) electrons. The van der Waals surface area contributed by atoms with Gasteiger partial charge in [0.1, 0.15) is 6.17 Å². The molecular weight excluding hydrogens is 284 g/mol. The van der Waals surface area contributed by atoms with Crippen LogP contribution in [-0.4, -0.2) is 10.9 Å². The molecule has 3 heterocycles. The van der Waals surface area contributed by atoms with E-state index in [1.165, 1.54) is 0 Å². The van der Waals surface area contributed by atoms with Gasteiger partial charge in [0.15, 0.2) is 0 Å². The van der Waals surface area contributed by atoms with Crippen LogP contribution in [0.4, 0.5) is 17.1 Å². The standard InChI is InChI=1S/C15H16N4OS/c1-7(2)13-8-3-10-11(4-9(8)19-15(13)20)18-14(17-10)12-5-21-6-16-12/h3-7,13-14,17-18H,1-2H3,(H,19,20). The number of aromatic nitrogens is 1. The number of benzene rings is 1. The summed E-state index contributed by atoms with van der Waals surface area (Å²) in [5.74, 6) is 0.318. The summed E-state index contributed by atoms with van der Waals surface area (Å²) in [5, 5.41) is 11.9. The van der Waals surface area contributed by atoms with Gasteiger partial charge in [0.05, 0.1) is 28.5 Å². The van der Waals surface area contributed by atoms with Gasteiger partial charge in [-0.15, -0.1) is 11.3 Å². The number of nitrogens with zero attached hydrogens (tertiary/aromatic N) is 1. The number of thiazole rings is 1. The molecule has 0 saturated heterocycles. The fraction of sp³-hybridized carbons (Fsp3) is 0.333. The summed E-state index contributed by atoms with van der Waals surface area (Å²) in [7, 11) is 0. The van der Waals surface area contributed by atoms with E-state index in [0.717, 1.165) is 28.3 Å². The number of fused-ring (bicyclic) bond motifs is 2. The van der Waals surface area contributed by atoms with E-state index < -0.39 is 0 Å². The van der Waals surface area contributed by atoms with Gasteiger partial charge >= 0.3 is 0 Å². The second kappa shape index (κ2) is 4.46. The van der Waals surface area contributed by atoms with Crippen LogP contribution in [0, 0.1) is 5.92 Å². The lowest BCUT2D eigenvalue weighted by atomic mass is 9.89. The van der Waals surface area contributed by atoms with Gasteiger partial charge in [-0.1, -0.05) is 13.8 Å². The Morgan fingerprint density at radius 2 is 1.95 bits per heavy atom. The lowest BCUT2D eigenvalue weighted by Gasteiger charge is -2.13. The van der Waals surface area contributed by atoms with Crippen LogP contribution < -0.4 is 16.0 Å². The topological polar surface area (TPSA) is 66.0 Å². The molecule has 1 aromatic carbocycles. The van der Waals surface area contributed by atoms with Gasteiger partial charge in [0.25, 0.3) is 0 Å². The maximum atomic E-state index is 12.1. The highest BCUT2D eigenvalue weighted by atomic mass is 32.1. The maximum absolute atomic E-state index is 12.1. The van der Waals surface area contributed by atoms with Crippen molar-refractivity contribution < 1.29 is 4.79 Å². The van der Waals surface area contributed by atoms with Crippen LogP contribution in [0.25, 0.3) is 0 Å². The fourth-order valence-electron chi connectivity index (χ4n) is 3.09. The van der Waals surface area contributed by atoms with Crippen molar-refractivity contribution in [3.63, 3.8) is 0 Å². The quantitative estimate of drug-likeness (QED) is 0.795. The van der Waals surface area contributed by atoms with Crippen LogP contribution in [-0.2, 0) is 4.79 Å². The highest BCUT2D eigenvalue weighted by molar-refractivity contribution is 7.07. The van der Waals surface area contributed by atoms with E-state index in [2.05, 4.69) is 40.8 Å². The first-order chi connectivity index (χ1) is 10.1. The van der Waals surface area contributed by atoms with Gasteiger partial charge < -0.3 is 16.0 Å². The summed E-state index contributed by atoms with van der Waals surface area (Å²) >= 11 is 1.58. The third kappa shape index (κ3) is 1.90. The molecule has 1 aromatic heterocycles. The minimum Gasteiger partial charge on any atom is -0.359 e. The molecular formula is C15H16N4OS. The largest absolute Gasteiger partial charge is 0.359 e. The number of anilines is 3. The third-order valence-corrected chi connectivity index (χ3v) is 4.68. The summed E-state index contributed by atoms with van der Waals surface area (Å²) in [6, 6.07) is 4.11. The average Bonchev–Trinajstić information content (AvgIpc) is 3.11. The number of carbonyl (C=O) groups is 1. The van der Waals surface area contributed by atoms with Gasteiger partial charge in [-0.25, -0.2) is 4.98 Å². The maximum Gasteiger partial charge on any atom is 0.232 e. The Kier molecular flexibility index (Phi) is 2.68. The normalized spacial score (nSPS) is 22.5. The summed E-state index contributed by atoms with van der Waals surface area (Å²) in [5.41, 5.74) is 6.87. The monoisotopic (exact) mass is 300 g/mol. The Labute approximate surface area is 126 Å². The molecule has 21 heavy (non-hydrogen) atoms. The van der Waals surface area contributed by atoms with E-state index in [4.69, 9.17) is 0 Å². The molecule has 0 saturated carbocycles. The zero-order chi connectivity index (χ0) is 14.6. The Morgan fingerprint density at radius 1 is 1.19 bits per heavy atom. The van der Waals surface area contributed by atoms with Crippen LogP contribution in [0.1, 0.15) is 37.2 Å². The zero-order valence-corrected chi connectivity index (χ0v) is 12.6. The second-order valence-electron chi connectivity index (χ2n) is 5.83. The van der Waals surface area contributed by atoms with E-state index in [-0.39, 0.29) is 23.9 Å². The highest BCUT2D eigenvalue weighted by Crippen LogP contribution is 2.45. The summed E-state index contributed by atoms with van der Waals surface area (Å²) in [4.78, 5) is 16.4. The molecule has 2 atom stereocenters. The molecule has 2 aliphatic rings. The zero-order valence-electron chi connectivity index (χ0n) is 11.8. The Balaban J connectivity index is 1.70. The predicted octanol–water partition coefficient (Wildman–Crippen LogP) is 3.37. The number of carbonyl (C=O) groups excluding carboxylic acids is 1. The molecule has 0 spiro atoms. The highest BCUT2D eigenvalue weighted by Gasteiger charge is 2.35. The van der Waals surface area contributed by atoms with Gasteiger partial charge in [0.2, 0.25) is 5.91 Å². The van der Waals surface area contributed by atoms with Crippen LogP contribution in [0.2, 0.25) is 0 Å².